The number of hydrogen-bond acceptors (Lipinski definition) is 4. The molecule has 0 aliphatic carbocycles. The van der Waals surface area contributed by atoms with Crippen LogP contribution in [-0.2, 0) is 0 Å². The molecule has 4 nitrogen and oxygen atoms in total. The Morgan fingerprint density at radius 3 is 3.00 bits per heavy atom. The molecular weight excluding hydrogens is 246 g/mol. The minimum Gasteiger partial charge on any atom is -0.296 e. The zero-order valence-electron chi connectivity index (χ0n) is 8.40. The SMILES string of the molecule is Cc1csc(NC(=O)c2ncccc2Cl)n1. The first-order valence-electron chi connectivity index (χ1n) is 4.51. The number of carbonyl (C=O) groups is 1. The average molecular weight is 254 g/mol. The van der Waals surface area contributed by atoms with Crippen molar-refractivity contribution in [3.63, 3.8) is 0 Å². The molecule has 0 bridgehead atoms. The number of amides is 1. The Morgan fingerprint density at radius 1 is 1.56 bits per heavy atom. The Kier molecular flexibility index (Phi) is 3.17. The van der Waals surface area contributed by atoms with Crippen molar-refractivity contribution in [3.8, 4) is 0 Å². The molecule has 0 aromatic carbocycles. The van der Waals surface area contributed by atoms with E-state index in [1.54, 1.807) is 12.1 Å². The summed E-state index contributed by atoms with van der Waals surface area (Å²) in [4.78, 5) is 19.8. The number of aromatic nitrogens is 2. The van der Waals surface area contributed by atoms with E-state index in [0.29, 0.717) is 10.2 Å². The van der Waals surface area contributed by atoms with E-state index >= 15 is 0 Å². The van der Waals surface area contributed by atoms with Crippen LogP contribution in [0.3, 0.4) is 0 Å². The van der Waals surface area contributed by atoms with Crippen molar-refractivity contribution in [1.29, 1.82) is 0 Å². The fourth-order valence-electron chi connectivity index (χ4n) is 1.12. The lowest BCUT2D eigenvalue weighted by atomic mass is 10.3. The van der Waals surface area contributed by atoms with Crippen LogP contribution in [0, 0.1) is 6.92 Å². The topological polar surface area (TPSA) is 54.9 Å². The van der Waals surface area contributed by atoms with E-state index in [1.807, 2.05) is 12.3 Å². The average Bonchev–Trinajstić information content (AvgIpc) is 2.64. The highest BCUT2D eigenvalue weighted by Gasteiger charge is 2.12. The minimum absolute atomic E-state index is 0.206. The Balaban J connectivity index is 2.18. The molecule has 82 valence electrons. The van der Waals surface area contributed by atoms with Gasteiger partial charge < -0.3 is 0 Å². The summed E-state index contributed by atoms with van der Waals surface area (Å²) in [5.41, 5.74) is 1.07. The molecule has 6 heteroatoms. The van der Waals surface area contributed by atoms with Crippen LogP contribution in [0.4, 0.5) is 5.13 Å². The van der Waals surface area contributed by atoms with Crippen LogP contribution in [0.2, 0.25) is 5.02 Å². The monoisotopic (exact) mass is 253 g/mol. The Bertz CT molecular complexity index is 526. The molecule has 0 radical (unpaired) electrons. The molecular formula is C10H8ClN3OS. The van der Waals surface area contributed by atoms with Crippen LogP contribution in [-0.4, -0.2) is 15.9 Å². The van der Waals surface area contributed by atoms with Crippen LogP contribution < -0.4 is 5.32 Å². The van der Waals surface area contributed by atoms with E-state index in [-0.39, 0.29) is 11.6 Å². The van der Waals surface area contributed by atoms with Gasteiger partial charge in [-0.25, -0.2) is 9.97 Å². The summed E-state index contributed by atoms with van der Waals surface area (Å²) >= 11 is 7.21. The predicted molar refractivity (Wildman–Crippen MR) is 64.1 cm³/mol. The molecule has 2 aromatic heterocycles. The lowest BCUT2D eigenvalue weighted by molar-refractivity contribution is 0.102. The summed E-state index contributed by atoms with van der Waals surface area (Å²) in [6.45, 7) is 1.86. The maximum Gasteiger partial charge on any atom is 0.277 e. The first kappa shape index (κ1) is 11.0. The second-order valence-electron chi connectivity index (χ2n) is 3.08. The van der Waals surface area contributed by atoms with E-state index in [1.165, 1.54) is 17.5 Å². The first-order chi connectivity index (χ1) is 7.66. The molecule has 0 saturated heterocycles. The number of nitrogens with zero attached hydrogens (tertiary/aromatic N) is 2. The molecule has 1 N–H and O–H groups in total. The third-order valence-corrected chi connectivity index (χ3v) is 2.99. The highest BCUT2D eigenvalue weighted by Crippen LogP contribution is 2.17. The summed E-state index contributed by atoms with van der Waals surface area (Å²) in [6, 6.07) is 3.29. The van der Waals surface area contributed by atoms with E-state index in [9.17, 15) is 4.79 Å². The molecule has 0 saturated carbocycles. The molecule has 0 atom stereocenters. The molecule has 0 fully saturated rings. The van der Waals surface area contributed by atoms with Crippen LogP contribution in [0.1, 0.15) is 16.2 Å². The van der Waals surface area contributed by atoms with Gasteiger partial charge >= 0.3 is 0 Å². The molecule has 16 heavy (non-hydrogen) atoms. The molecule has 2 aromatic rings. The number of aryl methyl sites for hydroxylation is 1. The lowest BCUT2D eigenvalue weighted by Crippen LogP contribution is -2.13. The summed E-state index contributed by atoms with van der Waals surface area (Å²) in [5.74, 6) is -0.347. The molecule has 1 amide bonds. The van der Waals surface area contributed by atoms with Gasteiger partial charge in [0, 0.05) is 11.6 Å². The van der Waals surface area contributed by atoms with Gasteiger partial charge in [0.15, 0.2) is 5.13 Å². The predicted octanol–water partition coefficient (Wildman–Crippen LogP) is 2.75. The Morgan fingerprint density at radius 2 is 2.38 bits per heavy atom. The van der Waals surface area contributed by atoms with E-state index in [4.69, 9.17) is 11.6 Å². The van der Waals surface area contributed by atoms with Gasteiger partial charge in [0.1, 0.15) is 5.69 Å². The molecule has 2 rings (SSSR count). The summed E-state index contributed by atoms with van der Waals surface area (Å²) in [5, 5.41) is 5.37. The van der Waals surface area contributed by atoms with E-state index in [0.717, 1.165) is 5.69 Å². The van der Waals surface area contributed by atoms with Crippen LogP contribution >= 0.6 is 22.9 Å². The van der Waals surface area contributed by atoms with Crippen LogP contribution in [0.25, 0.3) is 0 Å². The number of pyridine rings is 1. The number of halogens is 1. The van der Waals surface area contributed by atoms with Crippen molar-refractivity contribution in [1.82, 2.24) is 9.97 Å². The van der Waals surface area contributed by atoms with Gasteiger partial charge in [-0.3, -0.25) is 10.1 Å². The maximum atomic E-state index is 11.8. The number of thiazole rings is 1. The minimum atomic E-state index is -0.347. The molecule has 0 aliphatic heterocycles. The highest BCUT2D eigenvalue weighted by molar-refractivity contribution is 7.13. The van der Waals surface area contributed by atoms with Gasteiger partial charge in [0.05, 0.1) is 10.7 Å². The molecule has 0 aliphatic rings. The van der Waals surface area contributed by atoms with Gasteiger partial charge in [-0.2, -0.15) is 0 Å². The van der Waals surface area contributed by atoms with Gasteiger partial charge in [-0.05, 0) is 19.1 Å². The fourth-order valence-corrected chi connectivity index (χ4v) is 2.01. The lowest BCUT2D eigenvalue weighted by Gasteiger charge is -2.01. The van der Waals surface area contributed by atoms with Crippen molar-refractivity contribution in [2.45, 2.75) is 6.92 Å². The van der Waals surface area contributed by atoms with Crippen molar-refractivity contribution < 1.29 is 4.79 Å². The second-order valence-corrected chi connectivity index (χ2v) is 4.35. The van der Waals surface area contributed by atoms with Crippen LogP contribution in [0.15, 0.2) is 23.7 Å². The summed E-state index contributed by atoms with van der Waals surface area (Å²) < 4.78 is 0. The number of anilines is 1. The number of carbonyl (C=O) groups excluding carboxylic acids is 1. The smallest absolute Gasteiger partial charge is 0.277 e. The van der Waals surface area contributed by atoms with Crippen LogP contribution in [0.5, 0.6) is 0 Å². The second kappa shape index (κ2) is 4.59. The quantitative estimate of drug-likeness (QED) is 0.895. The standard InChI is InChI=1S/C10H8ClN3OS/c1-6-5-16-10(13-6)14-9(15)8-7(11)3-2-4-12-8/h2-5H,1H3,(H,13,14,15). The first-order valence-corrected chi connectivity index (χ1v) is 5.76. The van der Waals surface area contributed by atoms with Crippen molar-refractivity contribution in [3.05, 3.63) is 40.1 Å². The zero-order chi connectivity index (χ0) is 11.5. The van der Waals surface area contributed by atoms with Gasteiger partial charge in [-0.1, -0.05) is 11.6 Å². The Hall–Kier alpha value is -1.46. The third kappa shape index (κ3) is 2.37. The van der Waals surface area contributed by atoms with Gasteiger partial charge in [0.25, 0.3) is 5.91 Å². The summed E-state index contributed by atoms with van der Waals surface area (Å²) in [6.07, 6.45) is 1.52. The third-order valence-electron chi connectivity index (χ3n) is 1.81. The normalized spacial score (nSPS) is 10.1. The Labute approximate surface area is 101 Å². The molecule has 0 unspecified atom stereocenters. The van der Waals surface area contributed by atoms with Crippen molar-refractivity contribution >= 4 is 34.0 Å². The van der Waals surface area contributed by atoms with Crippen molar-refractivity contribution in [2.75, 3.05) is 5.32 Å². The van der Waals surface area contributed by atoms with Gasteiger partial charge in [-0.15, -0.1) is 11.3 Å². The fraction of sp³-hybridized carbons (Fsp3) is 0.100. The van der Waals surface area contributed by atoms with E-state index < -0.39 is 0 Å². The van der Waals surface area contributed by atoms with Crippen molar-refractivity contribution in [2.24, 2.45) is 0 Å². The van der Waals surface area contributed by atoms with E-state index in [2.05, 4.69) is 15.3 Å². The van der Waals surface area contributed by atoms with Gasteiger partial charge in [0.2, 0.25) is 0 Å². The number of rotatable bonds is 2. The number of nitrogens with one attached hydrogen (secondary N) is 1. The number of hydrogen-bond donors (Lipinski definition) is 1. The molecule has 2 heterocycles. The summed E-state index contributed by atoms with van der Waals surface area (Å²) in [7, 11) is 0. The largest absolute Gasteiger partial charge is 0.296 e. The zero-order valence-corrected chi connectivity index (χ0v) is 9.97. The molecule has 0 spiro atoms. The highest BCUT2D eigenvalue weighted by atomic mass is 35.5. The maximum absolute atomic E-state index is 11.8.